The van der Waals surface area contributed by atoms with Gasteiger partial charge in [0, 0.05) is 44.0 Å². The Morgan fingerprint density at radius 2 is 2.36 bits per heavy atom. The van der Waals surface area contributed by atoms with Crippen LogP contribution in [0.5, 0.6) is 0 Å². The van der Waals surface area contributed by atoms with Crippen molar-refractivity contribution in [2.45, 2.75) is 25.0 Å². The fraction of sp³-hybridized carbons (Fsp3) is 0.667. The van der Waals surface area contributed by atoms with Gasteiger partial charge in [-0.2, -0.15) is 0 Å². The monoisotopic (exact) mass is 306 g/mol. The lowest BCUT2D eigenvalue weighted by molar-refractivity contribution is -0.0757. The van der Waals surface area contributed by atoms with Gasteiger partial charge in [0.15, 0.2) is 0 Å². The molecular weight excluding hydrogens is 284 g/mol. The van der Waals surface area contributed by atoms with Crippen LogP contribution in [0.1, 0.15) is 23.3 Å². The molecule has 2 heterocycles. The molecule has 2 fully saturated rings. The summed E-state index contributed by atoms with van der Waals surface area (Å²) in [4.78, 5) is 22.2. The number of rotatable bonds is 5. The van der Waals surface area contributed by atoms with Crippen LogP contribution in [0.2, 0.25) is 0 Å². The van der Waals surface area contributed by atoms with E-state index in [4.69, 9.17) is 9.84 Å². The molecular formula is C15H22N4O3. The van der Waals surface area contributed by atoms with Crippen LogP contribution in [-0.2, 0) is 4.74 Å². The maximum absolute atomic E-state index is 12.0. The van der Waals surface area contributed by atoms with Gasteiger partial charge in [-0.15, -0.1) is 0 Å². The second-order valence-corrected chi connectivity index (χ2v) is 5.80. The third kappa shape index (κ3) is 3.26. The van der Waals surface area contributed by atoms with E-state index in [-0.39, 0.29) is 18.6 Å². The van der Waals surface area contributed by atoms with E-state index in [1.165, 1.54) is 12.4 Å². The highest BCUT2D eigenvalue weighted by Crippen LogP contribution is 2.34. The smallest absolute Gasteiger partial charge is 0.271 e. The summed E-state index contributed by atoms with van der Waals surface area (Å²) < 4.78 is 5.93. The van der Waals surface area contributed by atoms with Crippen molar-refractivity contribution in [2.24, 2.45) is 5.92 Å². The molecule has 0 radical (unpaired) electrons. The highest BCUT2D eigenvalue weighted by atomic mass is 16.5. The molecule has 2 aliphatic rings. The van der Waals surface area contributed by atoms with Crippen LogP contribution in [0, 0.1) is 5.92 Å². The number of aliphatic hydroxyl groups excluding tert-OH is 1. The van der Waals surface area contributed by atoms with Crippen LogP contribution in [-0.4, -0.2) is 70.9 Å². The highest BCUT2D eigenvalue weighted by molar-refractivity contribution is 5.91. The predicted octanol–water partition coefficient (Wildman–Crippen LogP) is -0.322. The fourth-order valence-corrected chi connectivity index (χ4v) is 3.49. The van der Waals surface area contributed by atoms with Crippen molar-refractivity contribution in [1.29, 1.82) is 0 Å². The van der Waals surface area contributed by atoms with E-state index in [9.17, 15) is 4.79 Å². The van der Waals surface area contributed by atoms with Crippen molar-refractivity contribution in [3.8, 4) is 0 Å². The lowest BCUT2D eigenvalue weighted by Crippen LogP contribution is -2.52. The third-order valence-electron chi connectivity index (χ3n) is 4.54. The van der Waals surface area contributed by atoms with Gasteiger partial charge >= 0.3 is 0 Å². The minimum atomic E-state index is -0.195. The van der Waals surface area contributed by atoms with E-state index in [1.807, 2.05) is 0 Å². The van der Waals surface area contributed by atoms with E-state index in [0.29, 0.717) is 37.4 Å². The third-order valence-corrected chi connectivity index (χ3v) is 4.54. The number of ether oxygens (including phenoxy) is 1. The van der Waals surface area contributed by atoms with Crippen molar-refractivity contribution in [3.63, 3.8) is 0 Å². The summed E-state index contributed by atoms with van der Waals surface area (Å²) in [7, 11) is 0. The number of carbonyl (C=O) groups is 1. The summed E-state index contributed by atoms with van der Waals surface area (Å²) in [5.74, 6) is 0.117. The number of hydrogen-bond acceptors (Lipinski definition) is 6. The van der Waals surface area contributed by atoms with Gasteiger partial charge in [-0.05, 0) is 12.8 Å². The van der Waals surface area contributed by atoms with Gasteiger partial charge in [-0.1, -0.05) is 0 Å². The Hall–Kier alpha value is -1.57. The number of fused-ring (bicyclic) bond motifs is 1. The quantitative estimate of drug-likeness (QED) is 0.775. The van der Waals surface area contributed by atoms with Gasteiger partial charge in [0.25, 0.3) is 5.91 Å². The number of morpholine rings is 1. The summed E-state index contributed by atoms with van der Waals surface area (Å²) in [5.41, 5.74) is 0.337. The first-order chi connectivity index (χ1) is 10.8. The van der Waals surface area contributed by atoms with Crippen LogP contribution >= 0.6 is 0 Å². The second kappa shape index (κ2) is 7.13. The molecule has 120 valence electrons. The average molecular weight is 306 g/mol. The molecule has 7 nitrogen and oxygen atoms in total. The lowest BCUT2D eigenvalue weighted by atomic mass is 10.0. The number of aromatic nitrogens is 2. The lowest BCUT2D eigenvalue weighted by Gasteiger charge is -2.39. The number of aliphatic hydroxyl groups is 1. The largest absolute Gasteiger partial charge is 0.395 e. The Bertz CT molecular complexity index is 497. The van der Waals surface area contributed by atoms with Crippen LogP contribution in [0.3, 0.4) is 0 Å². The average Bonchev–Trinajstić information content (AvgIpc) is 2.98. The van der Waals surface area contributed by atoms with Gasteiger partial charge in [0.05, 0.1) is 25.5 Å². The topological polar surface area (TPSA) is 87.6 Å². The minimum Gasteiger partial charge on any atom is -0.395 e. The number of amides is 1. The zero-order chi connectivity index (χ0) is 15.4. The van der Waals surface area contributed by atoms with Gasteiger partial charge in [-0.3, -0.25) is 14.7 Å². The molecule has 0 aromatic carbocycles. The van der Waals surface area contributed by atoms with Gasteiger partial charge in [0.1, 0.15) is 5.69 Å². The van der Waals surface area contributed by atoms with Crippen molar-refractivity contribution in [2.75, 3.05) is 32.8 Å². The SMILES string of the molecule is O=C(NC[C@@H]1CC[C@@H]2[C@@H]1OCCN2CCO)c1cnccn1. The number of nitrogens with zero attached hydrogens (tertiary/aromatic N) is 3. The van der Waals surface area contributed by atoms with Crippen molar-refractivity contribution >= 4 is 5.91 Å². The first-order valence-electron chi connectivity index (χ1n) is 7.80. The van der Waals surface area contributed by atoms with E-state index in [0.717, 1.165) is 19.4 Å². The summed E-state index contributed by atoms with van der Waals surface area (Å²) in [6.07, 6.45) is 6.74. The van der Waals surface area contributed by atoms with E-state index >= 15 is 0 Å². The Balaban J connectivity index is 1.54. The second-order valence-electron chi connectivity index (χ2n) is 5.80. The Kier molecular flexibility index (Phi) is 4.97. The molecule has 0 spiro atoms. The van der Waals surface area contributed by atoms with Crippen LogP contribution in [0.15, 0.2) is 18.6 Å². The zero-order valence-electron chi connectivity index (χ0n) is 12.5. The molecule has 1 saturated heterocycles. The molecule has 0 bridgehead atoms. The standard InChI is InChI=1S/C15H22N4O3/c20-7-5-19-6-8-22-14-11(1-2-13(14)19)9-18-15(21)12-10-16-3-4-17-12/h3-4,10-11,13-14,20H,1-2,5-9H2,(H,18,21)/t11-,13+,14+/m0/s1. The molecule has 3 rings (SSSR count). The zero-order valence-corrected chi connectivity index (χ0v) is 12.5. The Labute approximate surface area is 129 Å². The van der Waals surface area contributed by atoms with E-state index in [2.05, 4.69) is 20.2 Å². The molecule has 1 aromatic heterocycles. The summed E-state index contributed by atoms with van der Waals surface area (Å²) in [5, 5.41) is 12.1. The van der Waals surface area contributed by atoms with E-state index in [1.54, 1.807) is 6.20 Å². The molecule has 7 heteroatoms. The summed E-state index contributed by atoms with van der Waals surface area (Å²) >= 11 is 0. The number of nitrogens with one attached hydrogen (secondary N) is 1. The summed E-state index contributed by atoms with van der Waals surface area (Å²) in [6.45, 7) is 3.03. The maximum atomic E-state index is 12.0. The Morgan fingerprint density at radius 3 is 3.14 bits per heavy atom. The minimum absolute atomic E-state index is 0.141. The summed E-state index contributed by atoms with van der Waals surface area (Å²) in [6, 6.07) is 0.360. The van der Waals surface area contributed by atoms with Gasteiger partial charge < -0.3 is 15.2 Å². The molecule has 1 aliphatic carbocycles. The molecule has 1 aromatic rings. The normalized spacial score (nSPS) is 28.3. The molecule has 1 aliphatic heterocycles. The van der Waals surface area contributed by atoms with Gasteiger partial charge in [0.2, 0.25) is 0 Å². The van der Waals surface area contributed by atoms with Crippen LogP contribution < -0.4 is 5.32 Å². The van der Waals surface area contributed by atoms with Crippen LogP contribution in [0.25, 0.3) is 0 Å². The molecule has 1 saturated carbocycles. The van der Waals surface area contributed by atoms with Gasteiger partial charge in [-0.25, -0.2) is 4.98 Å². The van der Waals surface area contributed by atoms with Crippen molar-refractivity contribution < 1.29 is 14.6 Å². The molecule has 2 N–H and O–H groups in total. The molecule has 22 heavy (non-hydrogen) atoms. The first kappa shape index (κ1) is 15.3. The van der Waals surface area contributed by atoms with Crippen molar-refractivity contribution in [1.82, 2.24) is 20.2 Å². The van der Waals surface area contributed by atoms with Crippen molar-refractivity contribution in [3.05, 3.63) is 24.3 Å². The highest BCUT2D eigenvalue weighted by Gasteiger charge is 2.42. The van der Waals surface area contributed by atoms with E-state index < -0.39 is 0 Å². The number of carbonyl (C=O) groups excluding carboxylic acids is 1. The van der Waals surface area contributed by atoms with Crippen LogP contribution in [0.4, 0.5) is 0 Å². The molecule has 1 amide bonds. The predicted molar refractivity (Wildman–Crippen MR) is 79.3 cm³/mol. The Morgan fingerprint density at radius 1 is 1.45 bits per heavy atom. The maximum Gasteiger partial charge on any atom is 0.271 e. The fourth-order valence-electron chi connectivity index (χ4n) is 3.49. The molecule has 0 unspecified atom stereocenters. The number of hydrogen-bond donors (Lipinski definition) is 2. The molecule has 3 atom stereocenters. The number of β-amino-alcohol motifs (C(OH)–C–C–N with tert-alkyl or cyclic N) is 1. The first-order valence-corrected chi connectivity index (χ1v) is 7.80.